The Morgan fingerprint density at radius 2 is 1.57 bits per heavy atom. The van der Waals surface area contributed by atoms with Gasteiger partial charge in [-0.2, -0.15) is 0 Å². The molecule has 1 aliphatic heterocycles. The molecule has 1 aliphatic rings. The van der Waals surface area contributed by atoms with Gasteiger partial charge in [0.1, 0.15) is 6.04 Å². The molecule has 5 rings (SSSR count). The van der Waals surface area contributed by atoms with Gasteiger partial charge in [-0.25, -0.2) is 0 Å². The minimum atomic E-state index is -0.690. The summed E-state index contributed by atoms with van der Waals surface area (Å²) in [7, 11) is 0. The first kappa shape index (κ1) is 29.1. The van der Waals surface area contributed by atoms with E-state index in [0.29, 0.717) is 31.5 Å². The van der Waals surface area contributed by atoms with Crippen LogP contribution < -0.4 is 10.2 Å². The highest BCUT2D eigenvalue weighted by molar-refractivity contribution is 6.25. The maximum atomic E-state index is 14.1. The molecule has 42 heavy (non-hydrogen) atoms. The van der Waals surface area contributed by atoms with Gasteiger partial charge in [0.2, 0.25) is 11.8 Å². The summed E-state index contributed by atoms with van der Waals surface area (Å²) in [5.41, 5.74) is 4.21. The summed E-state index contributed by atoms with van der Waals surface area (Å²) in [4.78, 5) is 44.6. The molecule has 0 saturated heterocycles. The van der Waals surface area contributed by atoms with Crippen molar-refractivity contribution in [3.8, 4) is 0 Å². The SMILES string of the molecule is Cc1ccccc1CN(C(=O)CCCN1C(=O)c2cccc3cccc1c23)[C@@H](Cc1ccccc1)C(=O)NC(C)(C)C. The molecule has 6 nitrogen and oxygen atoms in total. The summed E-state index contributed by atoms with van der Waals surface area (Å²) in [6.45, 7) is 8.62. The van der Waals surface area contributed by atoms with E-state index in [4.69, 9.17) is 0 Å². The van der Waals surface area contributed by atoms with Gasteiger partial charge in [0.25, 0.3) is 5.91 Å². The van der Waals surface area contributed by atoms with Crippen LogP contribution in [-0.4, -0.2) is 40.7 Å². The monoisotopic (exact) mass is 561 g/mol. The zero-order valence-electron chi connectivity index (χ0n) is 24.9. The lowest BCUT2D eigenvalue weighted by Crippen LogP contribution is -2.54. The van der Waals surface area contributed by atoms with Gasteiger partial charge in [0.15, 0.2) is 0 Å². The van der Waals surface area contributed by atoms with Crippen LogP contribution in [0.4, 0.5) is 5.69 Å². The molecule has 0 aromatic heterocycles. The van der Waals surface area contributed by atoms with Gasteiger partial charge < -0.3 is 15.1 Å². The Kier molecular flexibility index (Phi) is 8.44. The number of anilines is 1. The molecule has 1 atom stereocenters. The molecule has 0 saturated carbocycles. The molecule has 6 heteroatoms. The highest BCUT2D eigenvalue weighted by Crippen LogP contribution is 2.37. The molecular formula is C36H39N3O3. The predicted octanol–water partition coefficient (Wildman–Crippen LogP) is 6.44. The second-order valence-corrected chi connectivity index (χ2v) is 12.1. The van der Waals surface area contributed by atoms with Crippen molar-refractivity contribution in [1.29, 1.82) is 0 Å². The largest absolute Gasteiger partial charge is 0.350 e. The molecular weight excluding hydrogens is 522 g/mol. The summed E-state index contributed by atoms with van der Waals surface area (Å²) in [6.07, 6.45) is 1.11. The molecule has 0 bridgehead atoms. The van der Waals surface area contributed by atoms with Crippen LogP contribution in [0.2, 0.25) is 0 Å². The third kappa shape index (κ3) is 6.38. The summed E-state index contributed by atoms with van der Waals surface area (Å²) in [6, 6.07) is 28.9. The minimum Gasteiger partial charge on any atom is -0.350 e. The van der Waals surface area contributed by atoms with Gasteiger partial charge in [0.05, 0.1) is 5.69 Å². The fraction of sp³-hybridized carbons (Fsp3) is 0.306. The first-order valence-corrected chi connectivity index (χ1v) is 14.7. The van der Waals surface area contributed by atoms with Gasteiger partial charge >= 0.3 is 0 Å². The molecule has 1 heterocycles. The number of carbonyl (C=O) groups excluding carboxylic acids is 3. The van der Waals surface area contributed by atoms with Crippen molar-refractivity contribution in [1.82, 2.24) is 10.2 Å². The van der Waals surface area contributed by atoms with Crippen LogP contribution >= 0.6 is 0 Å². The number of benzene rings is 4. The molecule has 3 amide bonds. The zero-order valence-corrected chi connectivity index (χ0v) is 24.9. The molecule has 4 aromatic carbocycles. The quantitative estimate of drug-likeness (QED) is 0.242. The Morgan fingerprint density at radius 1 is 0.881 bits per heavy atom. The molecule has 0 spiro atoms. The van der Waals surface area contributed by atoms with Gasteiger partial charge in [-0.15, -0.1) is 0 Å². The lowest BCUT2D eigenvalue weighted by molar-refractivity contribution is -0.142. The van der Waals surface area contributed by atoms with Crippen LogP contribution in [0, 0.1) is 6.92 Å². The predicted molar refractivity (Wildman–Crippen MR) is 168 cm³/mol. The number of rotatable bonds is 10. The van der Waals surface area contributed by atoms with Crippen LogP contribution in [0.15, 0.2) is 91.0 Å². The van der Waals surface area contributed by atoms with E-state index in [1.807, 2.05) is 119 Å². The van der Waals surface area contributed by atoms with Crippen molar-refractivity contribution in [3.63, 3.8) is 0 Å². The van der Waals surface area contributed by atoms with Crippen LogP contribution in [-0.2, 0) is 22.6 Å². The van der Waals surface area contributed by atoms with Gasteiger partial charge in [0, 0.05) is 42.4 Å². The number of nitrogens with one attached hydrogen (secondary N) is 1. The van der Waals surface area contributed by atoms with Crippen LogP contribution in [0.5, 0.6) is 0 Å². The third-order valence-corrected chi connectivity index (χ3v) is 7.79. The van der Waals surface area contributed by atoms with E-state index < -0.39 is 11.6 Å². The highest BCUT2D eigenvalue weighted by atomic mass is 16.2. The lowest BCUT2D eigenvalue weighted by Gasteiger charge is -2.34. The number of hydrogen-bond donors (Lipinski definition) is 1. The second-order valence-electron chi connectivity index (χ2n) is 12.1. The Bertz CT molecular complexity index is 1600. The molecule has 0 fully saturated rings. The maximum Gasteiger partial charge on any atom is 0.258 e. The lowest BCUT2D eigenvalue weighted by atomic mass is 9.99. The first-order valence-electron chi connectivity index (χ1n) is 14.7. The Balaban J connectivity index is 1.39. The Morgan fingerprint density at radius 3 is 2.29 bits per heavy atom. The molecule has 0 radical (unpaired) electrons. The summed E-state index contributed by atoms with van der Waals surface area (Å²) in [5.74, 6) is -0.312. The van der Waals surface area contributed by atoms with Crippen molar-refractivity contribution >= 4 is 34.2 Å². The molecule has 1 N–H and O–H groups in total. The number of nitrogens with zero attached hydrogens (tertiary/aromatic N) is 2. The zero-order chi connectivity index (χ0) is 29.9. The van der Waals surface area contributed by atoms with Crippen molar-refractivity contribution < 1.29 is 14.4 Å². The molecule has 0 unspecified atom stereocenters. The van der Waals surface area contributed by atoms with E-state index in [2.05, 4.69) is 5.32 Å². The number of amides is 3. The van der Waals surface area contributed by atoms with Crippen molar-refractivity contribution in [3.05, 3.63) is 113 Å². The van der Waals surface area contributed by atoms with Crippen molar-refractivity contribution in [2.45, 2.75) is 65.1 Å². The Hall–Kier alpha value is -4.45. The fourth-order valence-electron chi connectivity index (χ4n) is 5.71. The van der Waals surface area contributed by atoms with E-state index in [0.717, 1.165) is 33.2 Å². The smallest absolute Gasteiger partial charge is 0.258 e. The van der Waals surface area contributed by atoms with E-state index in [1.54, 1.807) is 9.80 Å². The average Bonchev–Trinajstić information content (AvgIpc) is 3.23. The Labute approximate surface area is 248 Å². The molecule has 4 aromatic rings. The van der Waals surface area contributed by atoms with Gasteiger partial charge in [-0.05, 0) is 68.3 Å². The van der Waals surface area contributed by atoms with Gasteiger partial charge in [-0.3, -0.25) is 14.4 Å². The topological polar surface area (TPSA) is 69.7 Å². The fourth-order valence-corrected chi connectivity index (χ4v) is 5.71. The van der Waals surface area contributed by atoms with E-state index >= 15 is 0 Å². The number of aryl methyl sites for hydroxylation is 1. The van der Waals surface area contributed by atoms with E-state index in [-0.39, 0.29) is 24.1 Å². The molecule has 216 valence electrons. The standard InChI is InChI=1S/C36H39N3O3/c1-25-13-8-9-16-28(25)24-39(31(34(41)37-36(2,3)4)23-26-14-6-5-7-15-26)32(40)21-12-22-38-30-20-11-18-27-17-10-19-29(33(27)30)35(38)42/h5-11,13-20,31H,12,21-24H2,1-4H3,(H,37,41)/t31-/m0/s1. The van der Waals surface area contributed by atoms with Crippen molar-refractivity contribution in [2.75, 3.05) is 11.4 Å². The average molecular weight is 562 g/mol. The van der Waals surface area contributed by atoms with Crippen LogP contribution in [0.1, 0.15) is 60.7 Å². The maximum absolute atomic E-state index is 14.1. The molecule has 0 aliphatic carbocycles. The summed E-state index contributed by atoms with van der Waals surface area (Å²) >= 11 is 0. The van der Waals surface area contributed by atoms with Crippen LogP contribution in [0.25, 0.3) is 10.8 Å². The van der Waals surface area contributed by atoms with Crippen LogP contribution in [0.3, 0.4) is 0 Å². The van der Waals surface area contributed by atoms with E-state index in [1.165, 1.54) is 0 Å². The highest BCUT2D eigenvalue weighted by Gasteiger charge is 2.33. The second kappa shape index (κ2) is 12.2. The van der Waals surface area contributed by atoms with Gasteiger partial charge in [-0.1, -0.05) is 78.9 Å². The van der Waals surface area contributed by atoms with E-state index in [9.17, 15) is 14.4 Å². The first-order chi connectivity index (χ1) is 20.1. The third-order valence-electron chi connectivity index (χ3n) is 7.79. The normalized spacial score (nSPS) is 13.3. The summed E-state index contributed by atoms with van der Waals surface area (Å²) < 4.78 is 0. The summed E-state index contributed by atoms with van der Waals surface area (Å²) in [5, 5.41) is 5.13. The number of hydrogen-bond acceptors (Lipinski definition) is 3. The minimum absolute atomic E-state index is 0.0301. The number of carbonyl (C=O) groups is 3. The van der Waals surface area contributed by atoms with Crippen molar-refractivity contribution in [2.24, 2.45) is 0 Å².